The number of hydrogen-bond donors (Lipinski definition) is 1. The van der Waals surface area contributed by atoms with Gasteiger partial charge < -0.3 is 10.0 Å². The lowest BCUT2D eigenvalue weighted by Crippen LogP contribution is -2.46. The molecule has 0 bridgehead atoms. The van der Waals surface area contributed by atoms with E-state index in [0.717, 1.165) is 43.4 Å². The number of nitrogens with zero attached hydrogens (tertiary/aromatic N) is 2. The van der Waals surface area contributed by atoms with E-state index < -0.39 is 17.8 Å². The van der Waals surface area contributed by atoms with Gasteiger partial charge >= 0.3 is 5.97 Å². The van der Waals surface area contributed by atoms with Crippen LogP contribution in [0.2, 0.25) is 0 Å². The summed E-state index contributed by atoms with van der Waals surface area (Å²) in [5, 5.41) is 9.52. The normalized spacial score (nSPS) is 24.0. The fourth-order valence-corrected chi connectivity index (χ4v) is 3.48. The number of anilines is 1. The molecule has 2 heterocycles. The molecule has 1 aromatic heterocycles. The van der Waals surface area contributed by atoms with Crippen molar-refractivity contribution in [1.29, 1.82) is 0 Å². The van der Waals surface area contributed by atoms with Gasteiger partial charge in [0, 0.05) is 31.1 Å². The molecule has 1 atom stereocenters. The molecular formula is C17H22F2N2O2. The molecule has 0 spiro atoms. The van der Waals surface area contributed by atoms with E-state index >= 15 is 0 Å². The summed E-state index contributed by atoms with van der Waals surface area (Å²) in [6.07, 6.45) is 4.62. The molecule has 0 saturated carbocycles. The first-order valence-corrected chi connectivity index (χ1v) is 8.27. The van der Waals surface area contributed by atoms with E-state index in [1.54, 1.807) is 11.0 Å². The summed E-state index contributed by atoms with van der Waals surface area (Å²) in [6.45, 7) is 1.79. The highest BCUT2D eigenvalue weighted by Gasteiger charge is 2.42. The number of carboxylic acids is 1. The number of halogens is 2. The monoisotopic (exact) mass is 324 g/mol. The molecule has 23 heavy (non-hydrogen) atoms. The smallest absolute Gasteiger partial charge is 0.339 e. The first-order chi connectivity index (χ1) is 10.9. The third-order valence-corrected chi connectivity index (χ3v) is 4.99. The predicted octanol–water partition coefficient (Wildman–Crippen LogP) is 3.53. The van der Waals surface area contributed by atoms with Crippen LogP contribution in [0.15, 0.2) is 6.07 Å². The summed E-state index contributed by atoms with van der Waals surface area (Å²) in [6, 6.07) is 1.71. The van der Waals surface area contributed by atoms with Crippen molar-refractivity contribution in [2.45, 2.75) is 51.4 Å². The van der Waals surface area contributed by atoms with Gasteiger partial charge in [-0.15, -0.1) is 0 Å². The van der Waals surface area contributed by atoms with E-state index in [1.807, 2.05) is 0 Å². The summed E-state index contributed by atoms with van der Waals surface area (Å²) in [7, 11) is 0. The maximum atomic E-state index is 13.7. The first-order valence-electron chi connectivity index (χ1n) is 8.27. The van der Waals surface area contributed by atoms with Crippen molar-refractivity contribution in [2.75, 3.05) is 18.0 Å². The van der Waals surface area contributed by atoms with Gasteiger partial charge in [-0.1, -0.05) is 13.3 Å². The van der Waals surface area contributed by atoms with Gasteiger partial charge in [0.25, 0.3) is 5.92 Å². The zero-order valence-corrected chi connectivity index (χ0v) is 13.3. The molecule has 6 heteroatoms. The van der Waals surface area contributed by atoms with Gasteiger partial charge in [-0.25, -0.2) is 18.6 Å². The van der Waals surface area contributed by atoms with E-state index in [-0.39, 0.29) is 25.1 Å². The minimum atomic E-state index is -2.69. The Morgan fingerprint density at radius 2 is 2.09 bits per heavy atom. The van der Waals surface area contributed by atoms with Crippen molar-refractivity contribution < 1.29 is 18.7 Å². The minimum Gasteiger partial charge on any atom is -0.478 e. The molecule has 3 rings (SSSR count). The molecule has 1 fully saturated rings. The number of carbonyl (C=O) groups is 1. The molecular weight excluding hydrogens is 302 g/mol. The Balaban J connectivity index is 1.97. The number of pyridine rings is 1. The Hall–Kier alpha value is -1.72. The van der Waals surface area contributed by atoms with E-state index in [9.17, 15) is 18.7 Å². The summed E-state index contributed by atoms with van der Waals surface area (Å²) in [5.41, 5.74) is 2.08. The molecule has 1 aliphatic heterocycles. The lowest BCUT2D eigenvalue weighted by molar-refractivity contribution is -0.0652. The number of fused-ring (bicyclic) bond motifs is 1. The Kier molecular flexibility index (Phi) is 4.25. The fraction of sp³-hybridized carbons (Fsp3) is 0.647. The maximum Gasteiger partial charge on any atom is 0.339 e. The summed E-state index contributed by atoms with van der Waals surface area (Å²) in [4.78, 5) is 17.9. The fourth-order valence-electron chi connectivity index (χ4n) is 3.48. The number of piperidine rings is 1. The van der Waals surface area contributed by atoms with E-state index in [0.29, 0.717) is 5.82 Å². The predicted molar refractivity (Wildman–Crippen MR) is 83.4 cm³/mol. The average Bonchev–Trinajstić information content (AvgIpc) is 2.73. The molecule has 1 N–H and O–H groups in total. The van der Waals surface area contributed by atoms with Gasteiger partial charge in [-0.05, 0) is 37.3 Å². The number of aryl methyl sites for hydroxylation is 2. The van der Waals surface area contributed by atoms with Crippen LogP contribution >= 0.6 is 0 Å². The van der Waals surface area contributed by atoms with Crippen LogP contribution in [0.1, 0.15) is 54.2 Å². The molecule has 1 aliphatic carbocycles. The standard InChI is InChI=1S/C17H22F2N2O2/c1-11-10-21(8-7-17(11,18)19)15-13(16(22)23)9-12-5-3-2-4-6-14(12)20-15/h9,11H,2-8,10H2,1H3,(H,22,23). The zero-order valence-electron chi connectivity index (χ0n) is 13.3. The summed E-state index contributed by atoms with van der Waals surface area (Å²) < 4.78 is 27.4. The Bertz CT molecular complexity index is 619. The van der Waals surface area contributed by atoms with Crippen molar-refractivity contribution in [1.82, 2.24) is 4.98 Å². The minimum absolute atomic E-state index is 0.138. The molecule has 126 valence electrons. The van der Waals surface area contributed by atoms with Crippen LogP contribution in [-0.4, -0.2) is 35.1 Å². The number of alkyl halides is 2. The van der Waals surface area contributed by atoms with Crippen LogP contribution in [0.5, 0.6) is 0 Å². The van der Waals surface area contributed by atoms with Crippen LogP contribution in [0.4, 0.5) is 14.6 Å². The average molecular weight is 324 g/mol. The number of hydrogen-bond acceptors (Lipinski definition) is 3. The van der Waals surface area contributed by atoms with E-state index in [2.05, 4.69) is 4.98 Å². The quantitative estimate of drug-likeness (QED) is 0.846. The van der Waals surface area contributed by atoms with Gasteiger partial charge in [-0.3, -0.25) is 0 Å². The zero-order chi connectivity index (χ0) is 16.6. The second kappa shape index (κ2) is 6.06. The van der Waals surface area contributed by atoms with Crippen LogP contribution in [0.3, 0.4) is 0 Å². The lowest BCUT2D eigenvalue weighted by atomic mass is 9.95. The first kappa shape index (κ1) is 16.1. The molecule has 1 saturated heterocycles. The maximum absolute atomic E-state index is 13.7. The Labute approximate surface area is 134 Å². The Morgan fingerprint density at radius 1 is 1.35 bits per heavy atom. The molecule has 1 unspecified atom stereocenters. The van der Waals surface area contributed by atoms with Crippen molar-refractivity contribution in [3.05, 3.63) is 22.9 Å². The third kappa shape index (κ3) is 3.16. The van der Waals surface area contributed by atoms with Crippen LogP contribution < -0.4 is 4.90 Å². The van der Waals surface area contributed by atoms with Crippen molar-refractivity contribution in [2.24, 2.45) is 5.92 Å². The number of carboxylic acid groups (broad SMARTS) is 1. The second-order valence-electron chi connectivity index (χ2n) is 6.69. The van der Waals surface area contributed by atoms with Gasteiger partial charge in [0.15, 0.2) is 0 Å². The number of aromatic nitrogens is 1. The molecule has 0 radical (unpaired) electrons. The summed E-state index contributed by atoms with van der Waals surface area (Å²) >= 11 is 0. The van der Waals surface area contributed by atoms with Crippen LogP contribution in [0.25, 0.3) is 0 Å². The molecule has 2 aliphatic rings. The Morgan fingerprint density at radius 3 is 2.78 bits per heavy atom. The molecule has 4 nitrogen and oxygen atoms in total. The van der Waals surface area contributed by atoms with Crippen molar-refractivity contribution in [3.63, 3.8) is 0 Å². The molecule has 1 aromatic rings. The lowest BCUT2D eigenvalue weighted by Gasteiger charge is -2.38. The SMILES string of the molecule is CC1CN(c2nc3c(cc2C(=O)O)CCCCC3)CCC1(F)F. The van der Waals surface area contributed by atoms with Gasteiger partial charge in [0.05, 0.1) is 0 Å². The van der Waals surface area contributed by atoms with E-state index in [4.69, 9.17) is 0 Å². The van der Waals surface area contributed by atoms with Crippen LogP contribution in [-0.2, 0) is 12.8 Å². The highest BCUT2D eigenvalue weighted by molar-refractivity contribution is 5.93. The highest BCUT2D eigenvalue weighted by Crippen LogP contribution is 2.36. The van der Waals surface area contributed by atoms with Gasteiger partial charge in [0.2, 0.25) is 0 Å². The summed E-state index contributed by atoms with van der Waals surface area (Å²) in [5.74, 6) is -4.17. The van der Waals surface area contributed by atoms with Gasteiger partial charge in [0.1, 0.15) is 11.4 Å². The number of aromatic carboxylic acids is 1. The molecule has 0 aromatic carbocycles. The van der Waals surface area contributed by atoms with Crippen molar-refractivity contribution >= 4 is 11.8 Å². The number of rotatable bonds is 2. The van der Waals surface area contributed by atoms with E-state index in [1.165, 1.54) is 6.92 Å². The topological polar surface area (TPSA) is 53.4 Å². The van der Waals surface area contributed by atoms with Crippen LogP contribution in [0, 0.1) is 5.92 Å². The highest BCUT2D eigenvalue weighted by atomic mass is 19.3. The molecule has 0 amide bonds. The largest absolute Gasteiger partial charge is 0.478 e. The van der Waals surface area contributed by atoms with Gasteiger partial charge in [-0.2, -0.15) is 0 Å². The second-order valence-corrected chi connectivity index (χ2v) is 6.69. The third-order valence-electron chi connectivity index (χ3n) is 4.99. The van der Waals surface area contributed by atoms with Crippen molar-refractivity contribution in [3.8, 4) is 0 Å².